The van der Waals surface area contributed by atoms with Gasteiger partial charge in [-0.25, -0.2) is 4.98 Å². The summed E-state index contributed by atoms with van der Waals surface area (Å²) in [5, 5.41) is 9.02. The van der Waals surface area contributed by atoms with Crippen molar-refractivity contribution in [3.8, 4) is 6.07 Å². The van der Waals surface area contributed by atoms with E-state index >= 15 is 0 Å². The zero-order valence-corrected chi connectivity index (χ0v) is 10.3. The Hall–Kier alpha value is -1.58. The lowest BCUT2D eigenvalue weighted by atomic mass is 10.3. The van der Waals surface area contributed by atoms with Gasteiger partial charge in [-0.15, -0.1) is 0 Å². The second kappa shape index (κ2) is 6.89. The van der Waals surface area contributed by atoms with E-state index in [1.807, 2.05) is 4.90 Å². The number of hydrogen-bond donors (Lipinski definition) is 1. The fourth-order valence-electron chi connectivity index (χ4n) is 1.30. The average molecular weight is 256 g/mol. The molecule has 0 atom stereocenters. The van der Waals surface area contributed by atoms with Crippen LogP contribution in [0.4, 0.5) is 11.8 Å². The number of nitriles is 1. The number of ether oxygens (including phenoxy) is 1. The van der Waals surface area contributed by atoms with Crippen molar-refractivity contribution < 1.29 is 4.74 Å². The highest BCUT2D eigenvalue weighted by molar-refractivity contribution is 6.32. The summed E-state index contributed by atoms with van der Waals surface area (Å²) in [6.07, 6.45) is 1.83. The fourth-order valence-corrected chi connectivity index (χ4v) is 1.51. The standard InChI is InChI=1S/C10H14ClN5O/c1-17-6-5-16(4-2-3-12)9-8(11)7-14-10(13)15-9/h7H,2,4-6H2,1H3,(H2,13,14,15). The first-order valence-electron chi connectivity index (χ1n) is 5.08. The van der Waals surface area contributed by atoms with Gasteiger partial charge in [0.1, 0.15) is 5.02 Å². The van der Waals surface area contributed by atoms with Gasteiger partial charge in [-0.05, 0) is 0 Å². The molecule has 0 saturated carbocycles. The molecule has 1 heterocycles. The molecule has 0 radical (unpaired) electrons. The minimum Gasteiger partial charge on any atom is -0.383 e. The number of rotatable bonds is 6. The van der Waals surface area contributed by atoms with Gasteiger partial charge in [0.25, 0.3) is 0 Å². The van der Waals surface area contributed by atoms with Crippen LogP contribution in [0.3, 0.4) is 0 Å². The Balaban J connectivity index is 2.86. The van der Waals surface area contributed by atoms with E-state index in [2.05, 4.69) is 16.0 Å². The molecule has 0 aromatic carbocycles. The van der Waals surface area contributed by atoms with E-state index in [0.29, 0.717) is 37.0 Å². The van der Waals surface area contributed by atoms with Gasteiger partial charge < -0.3 is 15.4 Å². The van der Waals surface area contributed by atoms with Crippen LogP contribution in [0.25, 0.3) is 0 Å². The highest BCUT2D eigenvalue weighted by atomic mass is 35.5. The van der Waals surface area contributed by atoms with Crippen molar-refractivity contribution in [3.63, 3.8) is 0 Å². The Morgan fingerprint density at radius 2 is 2.35 bits per heavy atom. The molecule has 0 aliphatic heterocycles. The Bertz CT molecular complexity index is 406. The first-order chi connectivity index (χ1) is 8.19. The summed E-state index contributed by atoms with van der Waals surface area (Å²) in [6, 6.07) is 2.08. The fraction of sp³-hybridized carbons (Fsp3) is 0.500. The third kappa shape index (κ3) is 4.06. The monoisotopic (exact) mass is 255 g/mol. The summed E-state index contributed by atoms with van der Waals surface area (Å²) < 4.78 is 5.00. The quantitative estimate of drug-likeness (QED) is 0.818. The summed E-state index contributed by atoms with van der Waals surface area (Å²) in [5.41, 5.74) is 5.52. The molecule has 0 amide bonds. The van der Waals surface area contributed by atoms with Crippen LogP contribution in [0.2, 0.25) is 5.02 Å². The predicted octanol–water partition coefficient (Wildman–Crippen LogP) is 1.08. The Kier molecular flexibility index (Phi) is 5.46. The summed E-state index contributed by atoms with van der Waals surface area (Å²) >= 11 is 6.00. The van der Waals surface area contributed by atoms with Gasteiger partial charge >= 0.3 is 0 Å². The van der Waals surface area contributed by atoms with Gasteiger partial charge in [-0.3, -0.25) is 0 Å². The maximum absolute atomic E-state index is 8.61. The molecular formula is C10H14ClN5O. The van der Waals surface area contributed by atoms with Crippen LogP contribution in [0.1, 0.15) is 6.42 Å². The number of anilines is 2. The van der Waals surface area contributed by atoms with Crippen molar-refractivity contribution in [2.75, 3.05) is 37.4 Å². The maximum atomic E-state index is 8.61. The SMILES string of the molecule is COCCN(CCC#N)c1nc(N)ncc1Cl. The molecule has 7 heteroatoms. The van der Waals surface area contributed by atoms with Crippen molar-refractivity contribution >= 4 is 23.4 Å². The van der Waals surface area contributed by atoms with Gasteiger partial charge in [0, 0.05) is 20.2 Å². The van der Waals surface area contributed by atoms with E-state index < -0.39 is 0 Å². The van der Waals surface area contributed by atoms with Gasteiger partial charge in [-0.2, -0.15) is 10.2 Å². The number of nitrogens with zero attached hydrogens (tertiary/aromatic N) is 4. The lowest BCUT2D eigenvalue weighted by Crippen LogP contribution is -2.29. The molecule has 0 unspecified atom stereocenters. The molecule has 0 aliphatic rings. The van der Waals surface area contributed by atoms with Crippen LogP contribution in [0.15, 0.2) is 6.20 Å². The van der Waals surface area contributed by atoms with Crippen molar-refractivity contribution in [2.45, 2.75) is 6.42 Å². The molecule has 1 aromatic rings. The zero-order valence-electron chi connectivity index (χ0n) is 9.56. The van der Waals surface area contributed by atoms with Crippen LogP contribution in [0.5, 0.6) is 0 Å². The molecule has 0 bridgehead atoms. The third-order valence-corrected chi connectivity index (χ3v) is 2.37. The minimum absolute atomic E-state index is 0.156. The molecule has 1 rings (SSSR count). The molecule has 0 fully saturated rings. The van der Waals surface area contributed by atoms with E-state index in [0.717, 1.165) is 0 Å². The topological polar surface area (TPSA) is 88.1 Å². The van der Waals surface area contributed by atoms with E-state index in [4.69, 9.17) is 27.3 Å². The lowest BCUT2D eigenvalue weighted by molar-refractivity contribution is 0.205. The van der Waals surface area contributed by atoms with Crippen LogP contribution >= 0.6 is 11.6 Å². The van der Waals surface area contributed by atoms with Gasteiger partial charge in [0.05, 0.1) is 25.3 Å². The normalized spacial score (nSPS) is 9.94. The van der Waals surface area contributed by atoms with E-state index in [1.54, 1.807) is 7.11 Å². The zero-order chi connectivity index (χ0) is 12.7. The highest BCUT2D eigenvalue weighted by Gasteiger charge is 2.12. The molecule has 2 N–H and O–H groups in total. The number of aromatic nitrogens is 2. The van der Waals surface area contributed by atoms with E-state index in [1.165, 1.54) is 6.20 Å². The molecule has 0 saturated heterocycles. The van der Waals surface area contributed by atoms with Crippen molar-refractivity contribution in [3.05, 3.63) is 11.2 Å². The molecule has 1 aromatic heterocycles. The second-order valence-corrected chi connectivity index (χ2v) is 3.69. The molecule has 0 aliphatic carbocycles. The Morgan fingerprint density at radius 1 is 1.59 bits per heavy atom. The van der Waals surface area contributed by atoms with Crippen molar-refractivity contribution in [1.29, 1.82) is 5.26 Å². The first-order valence-corrected chi connectivity index (χ1v) is 5.45. The molecule has 0 spiro atoms. The first kappa shape index (κ1) is 13.5. The van der Waals surface area contributed by atoms with Crippen molar-refractivity contribution in [2.24, 2.45) is 0 Å². The molecule has 6 nitrogen and oxygen atoms in total. The number of nitrogen functional groups attached to an aromatic ring is 1. The minimum atomic E-state index is 0.156. The van der Waals surface area contributed by atoms with Gasteiger partial charge in [0.2, 0.25) is 5.95 Å². The summed E-state index contributed by atoms with van der Waals surface area (Å²) in [5.74, 6) is 0.690. The van der Waals surface area contributed by atoms with Crippen LogP contribution in [-0.4, -0.2) is 36.8 Å². The highest BCUT2D eigenvalue weighted by Crippen LogP contribution is 2.22. The van der Waals surface area contributed by atoms with Crippen LogP contribution in [0, 0.1) is 11.3 Å². The van der Waals surface area contributed by atoms with Crippen molar-refractivity contribution in [1.82, 2.24) is 9.97 Å². The Morgan fingerprint density at radius 3 is 3.00 bits per heavy atom. The van der Waals surface area contributed by atoms with E-state index in [-0.39, 0.29) is 5.95 Å². The number of halogens is 1. The van der Waals surface area contributed by atoms with E-state index in [9.17, 15) is 0 Å². The number of nitrogens with two attached hydrogens (primary N) is 1. The van der Waals surface area contributed by atoms with Crippen LogP contribution in [-0.2, 0) is 4.74 Å². The van der Waals surface area contributed by atoms with Crippen LogP contribution < -0.4 is 10.6 Å². The largest absolute Gasteiger partial charge is 0.383 e. The maximum Gasteiger partial charge on any atom is 0.222 e. The summed E-state index contributed by atoms with van der Waals surface area (Å²) in [4.78, 5) is 9.72. The Labute approximate surface area is 105 Å². The molecule has 92 valence electrons. The lowest BCUT2D eigenvalue weighted by Gasteiger charge is -2.23. The summed E-state index contributed by atoms with van der Waals surface area (Å²) in [6.45, 7) is 1.63. The summed E-state index contributed by atoms with van der Waals surface area (Å²) in [7, 11) is 1.61. The predicted molar refractivity (Wildman–Crippen MR) is 65.8 cm³/mol. The molecule has 17 heavy (non-hydrogen) atoms. The number of methoxy groups -OCH3 is 1. The average Bonchev–Trinajstić information content (AvgIpc) is 2.33. The number of hydrogen-bond acceptors (Lipinski definition) is 6. The van der Waals surface area contributed by atoms with Gasteiger partial charge in [-0.1, -0.05) is 11.6 Å². The third-order valence-electron chi connectivity index (χ3n) is 2.10. The smallest absolute Gasteiger partial charge is 0.222 e. The molecular weight excluding hydrogens is 242 g/mol. The second-order valence-electron chi connectivity index (χ2n) is 3.29. The van der Waals surface area contributed by atoms with Gasteiger partial charge in [0.15, 0.2) is 5.82 Å².